The molecule has 0 saturated heterocycles. The summed E-state index contributed by atoms with van der Waals surface area (Å²) >= 11 is 0. The molecule has 0 unspecified atom stereocenters. The second-order valence-electron chi connectivity index (χ2n) is 8.80. The fourth-order valence-electron chi connectivity index (χ4n) is 5.09. The Morgan fingerprint density at radius 2 is 1.07 bits per heavy atom. The average molecular weight is 552 g/mol. The van der Waals surface area contributed by atoms with Crippen LogP contribution in [-0.4, -0.2) is 0 Å². The predicted octanol–water partition coefficient (Wildman–Crippen LogP) is 7.80. The van der Waals surface area contributed by atoms with Gasteiger partial charge in [-0.3, -0.25) is 0 Å². The molecule has 10 heteroatoms. The van der Waals surface area contributed by atoms with Crippen LogP contribution in [0.5, 0.6) is 0 Å². The van der Waals surface area contributed by atoms with E-state index < -0.39 is 34.7 Å². The van der Waals surface area contributed by atoms with Crippen molar-refractivity contribution < 1.29 is 17.6 Å². The van der Waals surface area contributed by atoms with Crippen molar-refractivity contribution in [2.75, 3.05) is 0 Å². The van der Waals surface area contributed by atoms with Crippen LogP contribution in [0.15, 0.2) is 59.9 Å². The molecule has 0 atom stereocenters. The second-order valence-corrected chi connectivity index (χ2v) is 8.80. The van der Waals surface area contributed by atoms with Crippen LogP contribution < -0.4 is 0 Å². The number of fused-ring (bicyclic) bond motifs is 2. The quantitative estimate of drug-likeness (QED) is 0.185. The first-order chi connectivity index (χ1) is 20.2. The molecule has 42 heavy (non-hydrogen) atoms. The molecule has 3 aromatic carbocycles. The van der Waals surface area contributed by atoms with Gasteiger partial charge in [0, 0.05) is 11.1 Å². The van der Waals surface area contributed by atoms with E-state index in [0.717, 1.165) is 24.3 Å². The van der Waals surface area contributed by atoms with Gasteiger partial charge in [0.2, 0.25) is 5.70 Å². The highest BCUT2D eigenvalue weighted by Gasteiger charge is 2.34. The minimum absolute atomic E-state index is 0.0145. The van der Waals surface area contributed by atoms with E-state index in [1.165, 1.54) is 24.3 Å². The van der Waals surface area contributed by atoms with Gasteiger partial charge in [-0.2, -0.15) is 5.26 Å². The van der Waals surface area contributed by atoms with Crippen LogP contribution in [0.25, 0.3) is 48.1 Å². The number of nitrogens with zero attached hydrogens (tertiary/aromatic N) is 6. The van der Waals surface area contributed by atoms with E-state index in [2.05, 4.69) is 14.5 Å². The van der Waals surface area contributed by atoms with Crippen molar-refractivity contribution in [2.45, 2.75) is 0 Å². The van der Waals surface area contributed by atoms with Gasteiger partial charge in [-0.05, 0) is 74.9 Å². The summed E-state index contributed by atoms with van der Waals surface area (Å²) in [5.41, 5.74) is -1.25. The van der Waals surface area contributed by atoms with Crippen molar-refractivity contribution >= 4 is 33.6 Å². The number of allylic oxidation sites excluding steroid dienone is 7. The smallest absolute Gasteiger partial charge is 0.237 e. The molecule has 3 aromatic rings. The number of benzene rings is 3. The molecule has 0 N–H and O–H groups in total. The highest BCUT2D eigenvalue weighted by Crippen LogP contribution is 2.52. The van der Waals surface area contributed by atoms with E-state index >= 15 is 0 Å². The molecule has 6 nitrogen and oxygen atoms in total. The zero-order valence-electron chi connectivity index (χ0n) is 20.8. The van der Waals surface area contributed by atoms with Gasteiger partial charge < -0.3 is 0 Å². The molecule has 0 spiro atoms. The highest BCUT2D eigenvalue weighted by atomic mass is 19.2. The van der Waals surface area contributed by atoms with Gasteiger partial charge in [0.1, 0.15) is 6.07 Å². The maximum atomic E-state index is 14.3. The molecular weight excluding hydrogens is 544 g/mol. The van der Waals surface area contributed by atoms with E-state index in [1.54, 1.807) is 12.1 Å². The lowest BCUT2D eigenvalue weighted by atomic mass is 9.90. The van der Waals surface area contributed by atoms with Crippen molar-refractivity contribution in [2.24, 2.45) is 0 Å². The first-order valence-corrected chi connectivity index (χ1v) is 11.6. The molecule has 5 rings (SSSR count). The number of hydrogen-bond acceptors (Lipinski definition) is 3. The van der Waals surface area contributed by atoms with Crippen LogP contribution in [-0.2, 0) is 0 Å². The van der Waals surface area contributed by atoms with Crippen LogP contribution in [0.1, 0.15) is 33.4 Å². The number of nitriles is 3. The molecule has 0 saturated carbocycles. The van der Waals surface area contributed by atoms with Crippen molar-refractivity contribution in [1.29, 1.82) is 15.8 Å². The van der Waals surface area contributed by atoms with E-state index in [-0.39, 0.29) is 66.9 Å². The fraction of sp³-hybridized carbons (Fsp3) is 0. The van der Waals surface area contributed by atoms with Crippen LogP contribution in [0.2, 0.25) is 0 Å². The summed E-state index contributed by atoms with van der Waals surface area (Å²) in [5, 5.41) is 29.4. The Kier molecular flexibility index (Phi) is 6.47. The summed E-state index contributed by atoms with van der Waals surface area (Å²) in [6.45, 7) is 22.8. The lowest BCUT2D eigenvalue weighted by Crippen LogP contribution is -1.95. The van der Waals surface area contributed by atoms with Crippen LogP contribution in [0.4, 0.5) is 17.6 Å². The lowest BCUT2D eigenvalue weighted by molar-refractivity contribution is 0.508. The summed E-state index contributed by atoms with van der Waals surface area (Å²) in [7, 11) is 0. The highest BCUT2D eigenvalue weighted by molar-refractivity contribution is 6.27. The lowest BCUT2D eigenvalue weighted by Gasteiger charge is -2.13. The van der Waals surface area contributed by atoms with Crippen LogP contribution in [0.3, 0.4) is 0 Å². The Labute approximate surface area is 236 Å². The monoisotopic (exact) mass is 552 g/mol. The Bertz CT molecular complexity index is 2010. The Morgan fingerprint density at radius 3 is 1.55 bits per heavy atom. The van der Waals surface area contributed by atoms with Gasteiger partial charge in [0.05, 0.1) is 37.4 Å². The minimum atomic E-state index is -1.26. The summed E-state index contributed by atoms with van der Waals surface area (Å²) < 4.78 is 57.1. The third-order valence-corrected chi connectivity index (χ3v) is 6.74. The van der Waals surface area contributed by atoms with Gasteiger partial charge in [0.15, 0.2) is 23.3 Å². The van der Waals surface area contributed by atoms with Crippen molar-refractivity contribution in [3.63, 3.8) is 0 Å². The normalized spacial score (nSPS) is 15.4. The average Bonchev–Trinajstić information content (AvgIpc) is 3.47. The number of halogens is 4. The number of rotatable bonds is 2. The van der Waals surface area contributed by atoms with E-state index in [1.807, 2.05) is 6.07 Å². The zero-order chi connectivity index (χ0) is 30.3. The van der Waals surface area contributed by atoms with E-state index in [0.29, 0.717) is 0 Å². The third kappa shape index (κ3) is 3.82. The predicted molar refractivity (Wildman–Crippen MR) is 143 cm³/mol. The van der Waals surface area contributed by atoms with Gasteiger partial charge in [-0.15, -0.1) is 0 Å². The molecule has 0 radical (unpaired) electrons. The molecule has 2 aliphatic carbocycles. The molecule has 0 heterocycles. The fourth-order valence-corrected chi connectivity index (χ4v) is 5.09. The van der Waals surface area contributed by atoms with Crippen molar-refractivity contribution in [3.8, 4) is 18.2 Å². The Balaban J connectivity index is 1.86. The van der Waals surface area contributed by atoms with Gasteiger partial charge >= 0.3 is 0 Å². The molecule has 2 aliphatic rings. The summed E-state index contributed by atoms with van der Waals surface area (Å²) in [5.74, 6) is -4.99. The number of hydrogen-bond donors (Lipinski definition) is 0. The van der Waals surface area contributed by atoms with Crippen LogP contribution >= 0.6 is 0 Å². The largest absolute Gasteiger partial charge is 0.270 e. The van der Waals surface area contributed by atoms with Crippen LogP contribution in [0, 0.1) is 77.0 Å². The molecule has 0 aromatic heterocycles. The van der Waals surface area contributed by atoms with E-state index in [4.69, 9.17) is 19.7 Å². The molecule has 0 bridgehead atoms. The maximum Gasteiger partial charge on any atom is 0.270 e. The first-order valence-electron chi connectivity index (χ1n) is 11.6. The van der Waals surface area contributed by atoms with Crippen molar-refractivity contribution in [3.05, 3.63) is 151 Å². The SMILES string of the molecule is [C-]#[N+]C(C#N)=C1C(c2cccc(C3=C(C#N)c4cc(F)c(F)cc4/C3=C(/C#N)[N+]#[C-])c2)=C([N+]#[C-])c2cc(F)c(F)cc21. The first kappa shape index (κ1) is 26.9. The maximum absolute atomic E-state index is 14.3. The molecular formula is C32H8F4N6. The Morgan fingerprint density at radius 1 is 0.619 bits per heavy atom. The van der Waals surface area contributed by atoms with Gasteiger partial charge in [0.25, 0.3) is 11.4 Å². The topological polar surface area (TPSA) is 84.4 Å². The third-order valence-electron chi connectivity index (χ3n) is 6.74. The minimum Gasteiger partial charge on any atom is -0.237 e. The summed E-state index contributed by atoms with van der Waals surface area (Å²) in [6, 6.07) is 14.5. The van der Waals surface area contributed by atoms with Gasteiger partial charge in [-0.1, -0.05) is 18.2 Å². The second kappa shape index (κ2) is 10.1. The zero-order valence-corrected chi connectivity index (χ0v) is 20.8. The molecule has 0 fully saturated rings. The molecule has 0 amide bonds. The summed E-state index contributed by atoms with van der Waals surface area (Å²) in [4.78, 5) is 9.94. The van der Waals surface area contributed by atoms with Gasteiger partial charge in [-0.25, -0.2) is 42.6 Å². The Hall–Kier alpha value is -6.72. The molecule has 0 aliphatic heterocycles. The molecule has 194 valence electrons. The van der Waals surface area contributed by atoms with E-state index in [9.17, 15) is 33.3 Å². The summed E-state index contributed by atoms with van der Waals surface area (Å²) in [6.07, 6.45) is 0. The van der Waals surface area contributed by atoms with Crippen molar-refractivity contribution in [1.82, 2.24) is 0 Å². The standard InChI is InChI=1S/C32H8F4N6/c1-40-26(13-38)30-18-9-23(34)22(33)8-17(18)21(12-37)28(30)15-5-4-6-16(7-15)29-31(27(14-39)41-2)19-10-24(35)25(36)11-20(19)32(29)42-3/h4-11H/b30-26+,31-27?.